The summed E-state index contributed by atoms with van der Waals surface area (Å²) in [6, 6.07) is 3.67. The maximum atomic E-state index is 13.4. The van der Waals surface area contributed by atoms with Gasteiger partial charge in [-0.25, -0.2) is 22.3 Å². The van der Waals surface area contributed by atoms with E-state index in [-0.39, 0.29) is 54.5 Å². The first kappa shape index (κ1) is 27.3. The average Bonchev–Trinajstić information content (AvgIpc) is 3.20. The summed E-state index contributed by atoms with van der Waals surface area (Å²) in [6.45, 7) is 5.88. The van der Waals surface area contributed by atoms with Gasteiger partial charge in [0, 0.05) is 31.6 Å². The van der Waals surface area contributed by atoms with Crippen molar-refractivity contribution in [2.75, 3.05) is 38.6 Å². The molecule has 0 radical (unpaired) electrons. The summed E-state index contributed by atoms with van der Waals surface area (Å²) in [7, 11) is -3.97. The topological polar surface area (TPSA) is 127 Å². The molecule has 1 saturated heterocycles. The van der Waals surface area contributed by atoms with Crippen LogP contribution in [0, 0.1) is 0 Å². The zero-order chi connectivity index (χ0) is 25.3. The average molecular weight is 497 g/mol. The first-order chi connectivity index (χ1) is 16.1. The number of rotatable bonds is 12. The Morgan fingerprint density at radius 1 is 0.971 bits per heavy atom. The molecule has 2 rings (SSSR count). The Morgan fingerprint density at radius 2 is 1.53 bits per heavy atom. The van der Waals surface area contributed by atoms with E-state index in [4.69, 9.17) is 9.47 Å². The maximum Gasteiger partial charge on any atom is 0.338 e. The SMILES string of the molecule is CCCS(=O)(=O)N(CCCN1CCCC1=O)C(=O)c1cc(C(=O)OCC)cc(C(=O)OCC)c1. The molecule has 0 saturated carbocycles. The standard InChI is InChI=1S/C23H32N2O8S/c1-4-13-34(30,31)25(12-8-11-24-10-7-9-20(24)26)21(27)17-14-18(22(28)32-5-2)16-19(15-17)23(29)33-6-3/h14-16H,4-13H2,1-3H3. The van der Waals surface area contributed by atoms with E-state index in [0.717, 1.165) is 10.7 Å². The molecule has 1 aromatic carbocycles. The fraction of sp³-hybridized carbons (Fsp3) is 0.565. The van der Waals surface area contributed by atoms with Crippen LogP contribution < -0.4 is 0 Å². The van der Waals surface area contributed by atoms with Crippen LogP contribution in [0.2, 0.25) is 0 Å². The molecule has 1 aliphatic heterocycles. The van der Waals surface area contributed by atoms with Crippen LogP contribution in [0.1, 0.15) is 77.5 Å². The molecule has 0 bridgehead atoms. The number of benzene rings is 1. The van der Waals surface area contributed by atoms with E-state index < -0.39 is 27.9 Å². The van der Waals surface area contributed by atoms with Gasteiger partial charge in [-0.3, -0.25) is 9.59 Å². The van der Waals surface area contributed by atoms with Crippen LogP contribution in [0.3, 0.4) is 0 Å². The van der Waals surface area contributed by atoms with Gasteiger partial charge in [-0.15, -0.1) is 0 Å². The van der Waals surface area contributed by atoms with Crippen molar-refractivity contribution in [2.45, 2.75) is 46.5 Å². The number of ether oxygens (including phenoxy) is 2. The van der Waals surface area contributed by atoms with Gasteiger partial charge in [-0.1, -0.05) is 6.92 Å². The van der Waals surface area contributed by atoms with Crippen LogP contribution >= 0.6 is 0 Å². The number of nitrogens with zero attached hydrogens (tertiary/aromatic N) is 2. The summed E-state index contributed by atoms with van der Waals surface area (Å²) < 4.78 is 36.6. The molecule has 34 heavy (non-hydrogen) atoms. The molecule has 1 aromatic rings. The summed E-state index contributed by atoms with van der Waals surface area (Å²) in [5.74, 6) is -2.60. The lowest BCUT2D eigenvalue weighted by atomic mass is 10.0. The van der Waals surface area contributed by atoms with Gasteiger partial charge in [-0.05, 0) is 51.3 Å². The Hall–Kier alpha value is -2.95. The number of carbonyl (C=O) groups is 4. The zero-order valence-electron chi connectivity index (χ0n) is 19.9. The molecule has 1 fully saturated rings. The van der Waals surface area contributed by atoms with Gasteiger partial charge < -0.3 is 14.4 Å². The van der Waals surface area contributed by atoms with E-state index >= 15 is 0 Å². The van der Waals surface area contributed by atoms with Crippen molar-refractivity contribution in [3.8, 4) is 0 Å². The van der Waals surface area contributed by atoms with Crippen molar-refractivity contribution in [3.63, 3.8) is 0 Å². The number of sulfonamides is 1. The Kier molecular flexibility index (Phi) is 10.0. The number of hydrogen-bond acceptors (Lipinski definition) is 8. The Balaban J connectivity index is 2.39. The lowest BCUT2D eigenvalue weighted by Crippen LogP contribution is -2.40. The lowest BCUT2D eigenvalue weighted by molar-refractivity contribution is -0.127. The first-order valence-electron chi connectivity index (χ1n) is 11.5. The van der Waals surface area contributed by atoms with Gasteiger partial charge in [0.15, 0.2) is 0 Å². The molecule has 11 heteroatoms. The summed E-state index contributed by atoms with van der Waals surface area (Å²) in [5, 5.41) is 0. The van der Waals surface area contributed by atoms with Crippen LogP contribution in [0.25, 0.3) is 0 Å². The Labute approximate surface area is 200 Å². The molecule has 188 valence electrons. The molecule has 0 N–H and O–H groups in total. The fourth-order valence-corrected chi connectivity index (χ4v) is 5.14. The van der Waals surface area contributed by atoms with Gasteiger partial charge in [0.05, 0.1) is 30.1 Å². The van der Waals surface area contributed by atoms with Crippen LogP contribution in [0.15, 0.2) is 18.2 Å². The van der Waals surface area contributed by atoms with Crippen molar-refractivity contribution >= 4 is 33.8 Å². The number of carbonyl (C=O) groups excluding carboxylic acids is 4. The van der Waals surface area contributed by atoms with E-state index in [0.29, 0.717) is 25.9 Å². The number of esters is 2. The van der Waals surface area contributed by atoms with Crippen LogP contribution in [0.5, 0.6) is 0 Å². The molecule has 0 spiro atoms. The van der Waals surface area contributed by atoms with Crippen molar-refractivity contribution in [1.82, 2.24) is 9.21 Å². The minimum Gasteiger partial charge on any atom is -0.462 e. The Morgan fingerprint density at radius 3 is 2.00 bits per heavy atom. The molecule has 0 aliphatic carbocycles. The van der Waals surface area contributed by atoms with E-state index in [1.165, 1.54) is 18.2 Å². The zero-order valence-corrected chi connectivity index (χ0v) is 20.7. The number of amides is 2. The monoisotopic (exact) mass is 496 g/mol. The lowest BCUT2D eigenvalue weighted by Gasteiger charge is -2.24. The summed E-state index contributed by atoms with van der Waals surface area (Å²) >= 11 is 0. The smallest absolute Gasteiger partial charge is 0.338 e. The molecule has 2 amide bonds. The predicted octanol–water partition coefficient (Wildman–Crippen LogP) is 2.23. The quantitative estimate of drug-likeness (QED) is 0.403. The van der Waals surface area contributed by atoms with E-state index in [1.807, 2.05) is 0 Å². The predicted molar refractivity (Wildman–Crippen MR) is 124 cm³/mol. The van der Waals surface area contributed by atoms with Crippen LogP contribution in [-0.4, -0.2) is 80.0 Å². The van der Waals surface area contributed by atoms with Crippen LogP contribution in [0.4, 0.5) is 0 Å². The highest BCUT2D eigenvalue weighted by atomic mass is 32.2. The second-order valence-electron chi connectivity index (χ2n) is 7.77. The maximum absolute atomic E-state index is 13.4. The molecule has 0 atom stereocenters. The van der Waals surface area contributed by atoms with Gasteiger partial charge >= 0.3 is 11.9 Å². The van der Waals surface area contributed by atoms with Crippen molar-refractivity contribution < 1.29 is 37.1 Å². The minimum atomic E-state index is -3.97. The second-order valence-corrected chi connectivity index (χ2v) is 9.78. The molecular formula is C23H32N2O8S. The third kappa shape index (κ3) is 7.02. The molecule has 0 aromatic heterocycles. The van der Waals surface area contributed by atoms with Crippen molar-refractivity contribution in [1.29, 1.82) is 0 Å². The molecule has 0 unspecified atom stereocenters. The highest BCUT2D eigenvalue weighted by molar-refractivity contribution is 7.89. The third-order valence-corrected chi connectivity index (χ3v) is 7.13. The van der Waals surface area contributed by atoms with Gasteiger partial charge in [0.2, 0.25) is 15.9 Å². The molecule has 1 aliphatic rings. The van der Waals surface area contributed by atoms with Crippen molar-refractivity contribution in [3.05, 3.63) is 34.9 Å². The van der Waals surface area contributed by atoms with Crippen LogP contribution in [-0.2, 0) is 24.3 Å². The highest BCUT2D eigenvalue weighted by Crippen LogP contribution is 2.19. The summed E-state index contributed by atoms with van der Waals surface area (Å²) in [4.78, 5) is 51.5. The summed E-state index contributed by atoms with van der Waals surface area (Å²) in [5.41, 5.74) is -0.275. The van der Waals surface area contributed by atoms with Gasteiger partial charge in [0.1, 0.15) is 0 Å². The van der Waals surface area contributed by atoms with Gasteiger partial charge in [-0.2, -0.15) is 0 Å². The number of likely N-dealkylation sites (tertiary alicyclic amines) is 1. The second kappa shape index (κ2) is 12.5. The fourth-order valence-electron chi connectivity index (χ4n) is 3.64. The molecular weight excluding hydrogens is 464 g/mol. The van der Waals surface area contributed by atoms with Crippen molar-refractivity contribution in [2.24, 2.45) is 0 Å². The largest absolute Gasteiger partial charge is 0.462 e. The van der Waals surface area contributed by atoms with E-state index in [2.05, 4.69) is 0 Å². The molecule has 10 nitrogen and oxygen atoms in total. The normalized spacial score (nSPS) is 13.6. The Bertz CT molecular complexity index is 986. The van der Waals surface area contributed by atoms with E-state index in [9.17, 15) is 27.6 Å². The van der Waals surface area contributed by atoms with E-state index in [1.54, 1.807) is 25.7 Å². The van der Waals surface area contributed by atoms with Gasteiger partial charge in [0.25, 0.3) is 5.91 Å². The molecule has 1 heterocycles. The minimum absolute atomic E-state index is 0.00973. The third-order valence-electron chi connectivity index (χ3n) is 5.19. The summed E-state index contributed by atoms with van der Waals surface area (Å²) in [6.07, 6.45) is 1.79. The first-order valence-corrected chi connectivity index (χ1v) is 13.1. The highest BCUT2D eigenvalue weighted by Gasteiger charge is 2.30. The number of hydrogen-bond donors (Lipinski definition) is 0.